The Hall–Kier alpha value is -2.94. The van der Waals surface area contributed by atoms with Crippen molar-refractivity contribution < 1.29 is 33.1 Å². The lowest BCUT2D eigenvalue weighted by Gasteiger charge is -2.47. The SMILES string of the molecule is C[C@H]1C(S[C@@H]2CN[C@H](C(=O)N3CC[C@H](N=C(N)N)C3)C2)=C(C(=O)O)N2C(=O)[C@H]([C@@H](C)NC(=O)C(F)F)C12. The summed E-state index contributed by atoms with van der Waals surface area (Å²) < 4.78 is 25.4. The molecule has 3 fully saturated rings. The molecule has 0 bridgehead atoms. The summed E-state index contributed by atoms with van der Waals surface area (Å²) in [5.41, 5.74) is 10.8. The molecule has 0 aromatic rings. The van der Waals surface area contributed by atoms with Gasteiger partial charge in [0.1, 0.15) is 5.70 Å². The zero-order chi connectivity index (χ0) is 27.2. The number of hydrogen-bond acceptors (Lipinski definition) is 7. The van der Waals surface area contributed by atoms with Crippen LogP contribution in [-0.4, -0.2) is 100 Å². The number of aliphatic imine (C=N–C) groups is 1. The van der Waals surface area contributed by atoms with Gasteiger partial charge in [-0.2, -0.15) is 8.78 Å². The third-order valence-electron chi connectivity index (χ3n) is 7.39. The Bertz CT molecular complexity index is 1050. The van der Waals surface area contributed by atoms with Crippen LogP contribution in [0.4, 0.5) is 8.78 Å². The molecule has 15 heteroatoms. The number of hydrogen-bond donors (Lipinski definition) is 5. The average Bonchev–Trinajstić information content (AvgIpc) is 3.52. The first-order chi connectivity index (χ1) is 17.4. The Balaban J connectivity index is 1.41. The molecule has 4 rings (SSSR count). The topological polar surface area (TPSA) is 183 Å². The molecule has 7 atom stereocenters. The lowest BCUT2D eigenvalue weighted by atomic mass is 9.78. The molecule has 7 N–H and O–H groups in total. The van der Waals surface area contributed by atoms with Crippen molar-refractivity contribution in [3.05, 3.63) is 10.6 Å². The molecule has 4 aliphatic heterocycles. The number of halogens is 2. The minimum absolute atomic E-state index is 0.0147. The van der Waals surface area contributed by atoms with Gasteiger partial charge in [-0.1, -0.05) is 6.92 Å². The quantitative estimate of drug-likeness (QED) is 0.144. The van der Waals surface area contributed by atoms with Gasteiger partial charge in [0.15, 0.2) is 5.96 Å². The number of carboxylic acid groups (broad SMARTS) is 1. The van der Waals surface area contributed by atoms with E-state index in [1.54, 1.807) is 11.8 Å². The Morgan fingerprint density at radius 3 is 2.62 bits per heavy atom. The second-order valence-electron chi connectivity index (χ2n) is 9.85. The van der Waals surface area contributed by atoms with Crippen LogP contribution in [-0.2, 0) is 19.2 Å². The maximum absolute atomic E-state index is 13.0. The molecule has 37 heavy (non-hydrogen) atoms. The second kappa shape index (κ2) is 10.4. The Morgan fingerprint density at radius 2 is 2.00 bits per heavy atom. The van der Waals surface area contributed by atoms with Gasteiger partial charge in [0.25, 0.3) is 5.91 Å². The number of amides is 3. The van der Waals surface area contributed by atoms with Crippen molar-refractivity contribution in [3.8, 4) is 0 Å². The largest absolute Gasteiger partial charge is 0.477 e. The third kappa shape index (κ3) is 5.10. The second-order valence-corrected chi connectivity index (χ2v) is 11.2. The van der Waals surface area contributed by atoms with Crippen LogP contribution in [0.1, 0.15) is 26.7 Å². The molecule has 12 nitrogen and oxygen atoms in total. The molecule has 4 heterocycles. The van der Waals surface area contributed by atoms with Crippen LogP contribution in [0.5, 0.6) is 0 Å². The number of β-lactam (4-membered cyclic amide) rings is 1. The first kappa shape index (κ1) is 27.1. The fourth-order valence-electron chi connectivity index (χ4n) is 5.71. The highest BCUT2D eigenvalue weighted by atomic mass is 32.2. The maximum atomic E-state index is 13.0. The van der Waals surface area contributed by atoms with Crippen LogP contribution >= 0.6 is 11.8 Å². The van der Waals surface area contributed by atoms with E-state index in [1.807, 2.05) is 0 Å². The van der Waals surface area contributed by atoms with E-state index in [9.17, 15) is 33.1 Å². The third-order valence-corrected chi connectivity index (χ3v) is 8.90. The van der Waals surface area contributed by atoms with Crippen molar-refractivity contribution in [2.24, 2.45) is 28.3 Å². The van der Waals surface area contributed by atoms with E-state index in [0.717, 1.165) is 0 Å². The van der Waals surface area contributed by atoms with Crippen molar-refractivity contribution in [3.63, 3.8) is 0 Å². The molecule has 3 saturated heterocycles. The van der Waals surface area contributed by atoms with Gasteiger partial charge in [0.2, 0.25) is 11.8 Å². The van der Waals surface area contributed by atoms with Crippen LogP contribution in [0.2, 0.25) is 0 Å². The smallest absolute Gasteiger partial charge is 0.353 e. The summed E-state index contributed by atoms with van der Waals surface area (Å²) in [6.45, 7) is 4.69. The van der Waals surface area contributed by atoms with Crippen molar-refractivity contribution in [2.75, 3.05) is 19.6 Å². The summed E-state index contributed by atoms with van der Waals surface area (Å²) in [6, 6.07) is -2.00. The maximum Gasteiger partial charge on any atom is 0.353 e. The Morgan fingerprint density at radius 1 is 1.30 bits per heavy atom. The minimum atomic E-state index is -3.21. The fraction of sp³-hybridized carbons (Fsp3) is 0.682. The first-order valence-corrected chi connectivity index (χ1v) is 12.9. The molecular weight excluding hydrogens is 512 g/mol. The number of carbonyl (C=O) groups excluding carboxylic acids is 3. The number of rotatable bonds is 8. The highest BCUT2D eigenvalue weighted by Crippen LogP contribution is 2.51. The van der Waals surface area contributed by atoms with E-state index in [-0.39, 0.29) is 34.8 Å². The number of guanidine groups is 1. The highest BCUT2D eigenvalue weighted by Gasteiger charge is 2.60. The number of nitrogens with zero attached hydrogens (tertiary/aromatic N) is 3. The molecule has 204 valence electrons. The monoisotopic (exact) mass is 543 g/mol. The molecule has 0 aromatic heterocycles. The van der Waals surface area contributed by atoms with Gasteiger partial charge in [-0.25, -0.2) is 9.79 Å². The van der Waals surface area contributed by atoms with E-state index in [0.29, 0.717) is 37.4 Å². The van der Waals surface area contributed by atoms with E-state index < -0.39 is 48.3 Å². The van der Waals surface area contributed by atoms with Crippen molar-refractivity contribution >= 4 is 41.4 Å². The summed E-state index contributed by atoms with van der Waals surface area (Å²) in [6.07, 6.45) is -2.07. The lowest BCUT2D eigenvalue weighted by Crippen LogP contribution is -2.66. The summed E-state index contributed by atoms with van der Waals surface area (Å²) in [5.74, 6) is -4.51. The van der Waals surface area contributed by atoms with Crippen LogP contribution in [0.15, 0.2) is 15.6 Å². The average molecular weight is 544 g/mol. The minimum Gasteiger partial charge on any atom is -0.477 e. The van der Waals surface area contributed by atoms with Crippen LogP contribution in [0.3, 0.4) is 0 Å². The Labute approximate surface area is 216 Å². The van der Waals surface area contributed by atoms with Crippen LogP contribution in [0, 0.1) is 11.8 Å². The van der Waals surface area contributed by atoms with Gasteiger partial charge in [0, 0.05) is 41.7 Å². The molecular formula is C22H31F2N7O5S. The number of carbonyl (C=O) groups is 4. The van der Waals surface area contributed by atoms with E-state index in [1.165, 1.54) is 23.6 Å². The summed E-state index contributed by atoms with van der Waals surface area (Å²) in [4.78, 5) is 57.0. The number of carboxylic acids is 1. The normalized spacial score (nSPS) is 31.9. The molecule has 4 aliphatic rings. The molecule has 0 spiro atoms. The number of nitrogens with one attached hydrogen (secondary N) is 2. The zero-order valence-corrected chi connectivity index (χ0v) is 21.2. The number of fused-ring (bicyclic) bond motifs is 1. The van der Waals surface area contributed by atoms with E-state index in [4.69, 9.17) is 11.5 Å². The van der Waals surface area contributed by atoms with Crippen LogP contribution in [0.25, 0.3) is 0 Å². The number of likely N-dealkylation sites (tertiary alicyclic amines) is 1. The van der Waals surface area contributed by atoms with Gasteiger partial charge in [-0.3, -0.25) is 14.4 Å². The van der Waals surface area contributed by atoms with Gasteiger partial charge in [0.05, 0.1) is 24.0 Å². The molecule has 0 radical (unpaired) electrons. The predicted octanol–water partition coefficient (Wildman–Crippen LogP) is -1.13. The molecule has 1 unspecified atom stereocenters. The van der Waals surface area contributed by atoms with E-state index in [2.05, 4.69) is 15.6 Å². The van der Waals surface area contributed by atoms with Gasteiger partial charge >= 0.3 is 12.4 Å². The molecule has 0 saturated carbocycles. The molecule has 0 aliphatic carbocycles. The molecule has 0 aromatic carbocycles. The van der Waals surface area contributed by atoms with Gasteiger partial charge in [-0.15, -0.1) is 11.8 Å². The summed E-state index contributed by atoms with van der Waals surface area (Å²) in [5, 5.41) is 15.1. The lowest BCUT2D eigenvalue weighted by molar-refractivity contribution is -0.159. The number of aliphatic carboxylic acids is 1. The highest BCUT2D eigenvalue weighted by molar-refractivity contribution is 8.03. The summed E-state index contributed by atoms with van der Waals surface area (Å²) >= 11 is 1.32. The first-order valence-electron chi connectivity index (χ1n) is 12.1. The van der Waals surface area contributed by atoms with Crippen LogP contribution < -0.4 is 22.1 Å². The predicted molar refractivity (Wildman–Crippen MR) is 130 cm³/mol. The number of nitrogens with two attached hydrogens (primary N) is 2. The summed E-state index contributed by atoms with van der Waals surface area (Å²) in [7, 11) is 0. The fourth-order valence-corrected chi connectivity index (χ4v) is 7.19. The number of alkyl halides is 2. The van der Waals surface area contributed by atoms with Crippen molar-refractivity contribution in [2.45, 2.75) is 62.5 Å². The van der Waals surface area contributed by atoms with Gasteiger partial charge < -0.3 is 37.0 Å². The number of thioether (sulfide) groups is 1. The standard InChI is InChI=1S/C22H31F2N7O5S/c1-8-14-13(9(2)28-18(32)17(23)24)20(34)31(14)15(21(35)36)16(8)37-11-5-12(27-6-11)19(33)30-4-3-10(7-30)29-22(25)26/h8-14,17,27H,3-7H2,1-2H3,(H,28,32)(H,35,36)(H4,25,26,29)/t8-,9-,10+,11+,12+,13-,14?/m1/s1. The van der Waals surface area contributed by atoms with Crippen molar-refractivity contribution in [1.82, 2.24) is 20.4 Å². The Kier molecular flexibility index (Phi) is 7.65. The van der Waals surface area contributed by atoms with Gasteiger partial charge in [-0.05, 0) is 19.8 Å². The zero-order valence-electron chi connectivity index (χ0n) is 20.4. The van der Waals surface area contributed by atoms with E-state index >= 15 is 0 Å². The van der Waals surface area contributed by atoms with Crippen molar-refractivity contribution in [1.29, 1.82) is 0 Å². The molecule has 3 amide bonds.